The number of hydrogen-bond donors (Lipinski definition) is 1. The molecule has 4 heteroatoms. The molecule has 0 unspecified atom stereocenters. The fourth-order valence-corrected chi connectivity index (χ4v) is 3.80. The molecule has 1 aromatic carbocycles. The van der Waals surface area contributed by atoms with E-state index >= 15 is 0 Å². The first-order valence-electron chi connectivity index (χ1n) is 7.26. The second-order valence-corrected chi connectivity index (χ2v) is 6.57. The third kappa shape index (κ3) is 3.18. The van der Waals surface area contributed by atoms with E-state index in [9.17, 15) is 0 Å². The molecule has 0 radical (unpaired) electrons. The van der Waals surface area contributed by atoms with Crippen LogP contribution in [0.3, 0.4) is 0 Å². The molecule has 1 saturated heterocycles. The van der Waals surface area contributed by atoms with Crippen LogP contribution in [0.5, 0.6) is 0 Å². The number of aryl methyl sites for hydroxylation is 1. The molecule has 1 aliphatic rings. The molecule has 0 atom stereocenters. The lowest BCUT2D eigenvalue weighted by Gasteiger charge is -2.22. The minimum Gasteiger partial charge on any atom is -0.355 e. The SMILES string of the molecule is Cc1cn(-c2ccccc2)c(NCC2CCSCC2)n1. The van der Waals surface area contributed by atoms with Gasteiger partial charge in [0.1, 0.15) is 0 Å². The van der Waals surface area contributed by atoms with E-state index in [1.165, 1.54) is 24.3 Å². The molecule has 1 aliphatic heterocycles. The predicted octanol–water partition coefficient (Wildman–Crippen LogP) is 3.74. The van der Waals surface area contributed by atoms with Gasteiger partial charge in [-0.25, -0.2) is 4.98 Å². The van der Waals surface area contributed by atoms with Gasteiger partial charge in [-0.15, -0.1) is 0 Å². The van der Waals surface area contributed by atoms with Gasteiger partial charge >= 0.3 is 0 Å². The Balaban J connectivity index is 1.73. The molecule has 106 valence electrons. The van der Waals surface area contributed by atoms with Crippen molar-refractivity contribution in [3.8, 4) is 5.69 Å². The van der Waals surface area contributed by atoms with Gasteiger partial charge in [0.2, 0.25) is 5.95 Å². The van der Waals surface area contributed by atoms with Crippen molar-refractivity contribution in [1.82, 2.24) is 9.55 Å². The average molecular weight is 287 g/mol. The Labute approximate surface area is 124 Å². The van der Waals surface area contributed by atoms with E-state index in [1.54, 1.807) is 0 Å². The molecule has 3 nitrogen and oxygen atoms in total. The van der Waals surface area contributed by atoms with Crippen molar-refractivity contribution in [3.63, 3.8) is 0 Å². The van der Waals surface area contributed by atoms with Crippen LogP contribution in [0.1, 0.15) is 18.5 Å². The molecular weight excluding hydrogens is 266 g/mol. The van der Waals surface area contributed by atoms with E-state index in [4.69, 9.17) is 0 Å². The summed E-state index contributed by atoms with van der Waals surface area (Å²) < 4.78 is 2.15. The predicted molar refractivity (Wildman–Crippen MR) is 86.8 cm³/mol. The van der Waals surface area contributed by atoms with Crippen molar-refractivity contribution < 1.29 is 0 Å². The Kier molecular flexibility index (Phi) is 4.31. The first-order valence-corrected chi connectivity index (χ1v) is 8.41. The largest absolute Gasteiger partial charge is 0.355 e. The van der Waals surface area contributed by atoms with Crippen molar-refractivity contribution in [1.29, 1.82) is 0 Å². The molecule has 0 bridgehead atoms. The van der Waals surface area contributed by atoms with Gasteiger partial charge in [0.25, 0.3) is 0 Å². The number of rotatable bonds is 4. The first-order chi connectivity index (χ1) is 9.83. The highest BCUT2D eigenvalue weighted by molar-refractivity contribution is 7.99. The summed E-state index contributed by atoms with van der Waals surface area (Å²) in [7, 11) is 0. The summed E-state index contributed by atoms with van der Waals surface area (Å²) in [5.41, 5.74) is 2.21. The standard InChI is InChI=1S/C16H21N3S/c1-13-12-19(15-5-3-2-4-6-15)16(18-13)17-11-14-7-9-20-10-8-14/h2-6,12,14H,7-11H2,1H3,(H,17,18). The zero-order chi connectivity index (χ0) is 13.8. The number of benzene rings is 1. The topological polar surface area (TPSA) is 29.9 Å². The molecule has 0 aliphatic carbocycles. The van der Waals surface area contributed by atoms with E-state index in [-0.39, 0.29) is 0 Å². The highest BCUT2D eigenvalue weighted by Gasteiger charge is 2.15. The van der Waals surface area contributed by atoms with E-state index in [0.29, 0.717) is 0 Å². The molecule has 3 rings (SSSR count). The number of para-hydroxylation sites is 1. The number of imidazole rings is 1. The smallest absolute Gasteiger partial charge is 0.207 e. The summed E-state index contributed by atoms with van der Waals surface area (Å²) in [4.78, 5) is 4.62. The van der Waals surface area contributed by atoms with Crippen molar-refractivity contribution in [2.75, 3.05) is 23.4 Å². The van der Waals surface area contributed by atoms with Gasteiger partial charge in [0, 0.05) is 18.4 Å². The van der Waals surface area contributed by atoms with Crippen molar-refractivity contribution >= 4 is 17.7 Å². The van der Waals surface area contributed by atoms with Crippen molar-refractivity contribution in [2.24, 2.45) is 5.92 Å². The Hall–Kier alpha value is -1.42. The molecule has 2 heterocycles. The minimum atomic E-state index is 0.789. The Morgan fingerprint density at radius 3 is 2.75 bits per heavy atom. The fourth-order valence-electron chi connectivity index (χ4n) is 2.59. The highest BCUT2D eigenvalue weighted by Crippen LogP contribution is 2.23. The zero-order valence-electron chi connectivity index (χ0n) is 11.9. The van der Waals surface area contributed by atoms with Gasteiger partial charge in [-0.3, -0.25) is 4.57 Å². The van der Waals surface area contributed by atoms with Gasteiger partial charge in [-0.1, -0.05) is 18.2 Å². The third-order valence-corrected chi connectivity index (χ3v) is 4.80. The van der Waals surface area contributed by atoms with Crippen LogP contribution in [0.15, 0.2) is 36.5 Å². The monoisotopic (exact) mass is 287 g/mol. The van der Waals surface area contributed by atoms with Gasteiger partial charge in [-0.2, -0.15) is 11.8 Å². The van der Waals surface area contributed by atoms with Crippen LogP contribution in [-0.4, -0.2) is 27.6 Å². The Morgan fingerprint density at radius 1 is 1.25 bits per heavy atom. The molecule has 1 aromatic heterocycles. The van der Waals surface area contributed by atoms with Crippen LogP contribution in [0.25, 0.3) is 5.69 Å². The molecule has 1 N–H and O–H groups in total. The summed E-state index contributed by atoms with van der Waals surface area (Å²) in [6.45, 7) is 3.08. The molecule has 0 saturated carbocycles. The maximum absolute atomic E-state index is 4.62. The second kappa shape index (κ2) is 6.35. The van der Waals surface area contributed by atoms with Crippen LogP contribution in [0, 0.1) is 12.8 Å². The molecular formula is C16H21N3S. The Bertz CT molecular complexity index is 544. The minimum absolute atomic E-state index is 0.789. The number of nitrogens with one attached hydrogen (secondary N) is 1. The van der Waals surface area contributed by atoms with Gasteiger partial charge in [0.15, 0.2) is 0 Å². The lowest BCUT2D eigenvalue weighted by molar-refractivity contribution is 0.514. The quantitative estimate of drug-likeness (QED) is 0.929. The third-order valence-electron chi connectivity index (χ3n) is 3.75. The molecule has 0 spiro atoms. The summed E-state index contributed by atoms with van der Waals surface area (Å²) in [5, 5.41) is 3.54. The summed E-state index contributed by atoms with van der Waals surface area (Å²) in [5.74, 6) is 4.36. The molecule has 1 fully saturated rings. The number of anilines is 1. The average Bonchev–Trinajstić information content (AvgIpc) is 2.88. The molecule has 2 aromatic rings. The first kappa shape index (κ1) is 13.6. The highest BCUT2D eigenvalue weighted by atomic mass is 32.2. The van der Waals surface area contributed by atoms with Crippen molar-refractivity contribution in [2.45, 2.75) is 19.8 Å². The summed E-state index contributed by atoms with van der Waals surface area (Å²) in [6, 6.07) is 10.4. The summed E-state index contributed by atoms with van der Waals surface area (Å²) >= 11 is 2.08. The molecule has 20 heavy (non-hydrogen) atoms. The lowest BCUT2D eigenvalue weighted by Crippen LogP contribution is -2.20. The fraction of sp³-hybridized carbons (Fsp3) is 0.438. The number of thioether (sulfide) groups is 1. The van der Waals surface area contributed by atoms with Crippen LogP contribution in [0.2, 0.25) is 0 Å². The van der Waals surface area contributed by atoms with Crippen molar-refractivity contribution in [3.05, 3.63) is 42.2 Å². The molecule has 0 amide bonds. The maximum atomic E-state index is 4.62. The van der Waals surface area contributed by atoms with Crippen LogP contribution in [-0.2, 0) is 0 Å². The normalized spacial score (nSPS) is 16.2. The number of nitrogens with zero attached hydrogens (tertiary/aromatic N) is 2. The van der Waals surface area contributed by atoms with Gasteiger partial charge in [-0.05, 0) is 49.3 Å². The maximum Gasteiger partial charge on any atom is 0.207 e. The van der Waals surface area contributed by atoms with Gasteiger partial charge in [0.05, 0.1) is 5.69 Å². The lowest BCUT2D eigenvalue weighted by atomic mass is 10.0. The number of hydrogen-bond acceptors (Lipinski definition) is 3. The van der Waals surface area contributed by atoms with E-state index in [2.05, 4.69) is 57.1 Å². The van der Waals surface area contributed by atoms with Crippen LogP contribution in [0.4, 0.5) is 5.95 Å². The van der Waals surface area contributed by atoms with Crippen LogP contribution < -0.4 is 5.32 Å². The Morgan fingerprint density at radius 2 is 2.00 bits per heavy atom. The second-order valence-electron chi connectivity index (χ2n) is 5.35. The van der Waals surface area contributed by atoms with Gasteiger partial charge < -0.3 is 5.32 Å². The van der Waals surface area contributed by atoms with Crippen LogP contribution >= 0.6 is 11.8 Å². The number of aromatic nitrogens is 2. The zero-order valence-corrected chi connectivity index (χ0v) is 12.7. The van der Waals surface area contributed by atoms with E-state index < -0.39 is 0 Å². The summed E-state index contributed by atoms with van der Waals surface area (Å²) in [6.07, 6.45) is 4.74. The van der Waals surface area contributed by atoms with E-state index in [1.807, 2.05) is 13.0 Å². The van der Waals surface area contributed by atoms with E-state index in [0.717, 1.165) is 29.8 Å².